The van der Waals surface area contributed by atoms with Crippen LogP contribution in [0.15, 0.2) is 43.4 Å². The first-order chi connectivity index (χ1) is 12.9. The highest BCUT2D eigenvalue weighted by Crippen LogP contribution is 2.11. The third kappa shape index (κ3) is 4.55. The molecule has 138 valence electrons. The Morgan fingerprint density at radius 3 is 2.89 bits per heavy atom. The number of carbonyl (C=O) groups excluding carboxylic acids is 3. The van der Waals surface area contributed by atoms with Gasteiger partial charge in [0.05, 0.1) is 12.0 Å². The topological polar surface area (TPSA) is 163 Å². The number of amides is 3. The van der Waals surface area contributed by atoms with E-state index in [4.69, 9.17) is 14.3 Å². The lowest BCUT2D eigenvalue weighted by Gasteiger charge is -2.14. The molecule has 0 bridgehead atoms. The summed E-state index contributed by atoms with van der Waals surface area (Å²) in [4.78, 5) is 43.2. The molecule has 0 spiro atoms. The molecule has 3 rings (SSSR count). The minimum absolute atomic E-state index is 0.0425. The SMILES string of the molecule is Cc1cc(NC(=O)CSC2=NC(=N)C(=NC(=O)c3ccco3)C(=O)N2)no1. The summed E-state index contributed by atoms with van der Waals surface area (Å²) in [5, 5.41) is 16.4. The van der Waals surface area contributed by atoms with Crippen LogP contribution < -0.4 is 10.6 Å². The van der Waals surface area contributed by atoms with E-state index < -0.39 is 29.3 Å². The highest BCUT2D eigenvalue weighted by Gasteiger charge is 2.26. The number of furan rings is 1. The molecule has 0 saturated carbocycles. The molecule has 0 aromatic carbocycles. The van der Waals surface area contributed by atoms with Crippen LogP contribution in [0.2, 0.25) is 0 Å². The molecule has 11 nitrogen and oxygen atoms in total. The summed E-state index contributed by atoms with van der Waals surface area (Å²) in [6, 6.07) is 4.44. The van der Waals surface area contributed by atoms with Crippen molar-refractivity contribution < 1.29 is 23.3 Å². The quantitative estimate of drug-likeness (QED) is 0.703. The van der Waals surface area contributed by atoms with Gasteiger partial charge in [-0.3, -0.25) is 25.1 Å². The fraction of sp³-hybridized carbons (Fsp3) is 0.133. The van der Waals surface area contributed by atoms with E-state index in [9.17, 15) is 14.4 Å². The van der Waals surface area contributed by atoms with Crippen LogP contribution in [-0.2, 0) is 9.59 Å². The number of nitrogens with one attached hydrogen (secondary N) is 3. The minimum Gasteiger partial charge on any atom is -0.459 e. The Kier molecular flexibility index (Phi) is 5.26. The van der Waals surface area contributed by atoms with Crippen molar-refractivity contribution >= 4 is 52.0 Å². The summed E-state index contributed by atoms with van der Waals surface area (Å²) in [6.45, 7) is 1.69. The number of hydrogen-bond acceptors (Lipinski definition) is 8. The van der Waals surface area contributed by atoms with Gasteiger partial charge in [0.15, 0.2) is 28.3 Å². The molecule has 1 aliphatic rings. The van der Waals surface area contributed by atoms with Crippen molar-refractivity contribution in [1.29, 1.82) is 5.41 Å². The van der Waals surface area contributed by atoms with Crippen molar-refractivity contribution in [2.75, 3.05) is 11.1 Å². The zero-order valence-electron chi connectivity index (χ0n) is 13.8. The number of hydrogen-bond donors (Lipinski definition) is 3. The van der Waals surface area contributed by atoms with Crippen molar-refractivity contribution in [3.63, 3.8) is 0 Å². The van der Waals surface area contributed by atoms with Crippen LogP contribution >= 0.6 is 11.8 Å². The third-order valence-corrected chi connectivity index (χ3v) is 3.93. The lowest BCUT2D eigenvalue weighted by Crippen LogP contribution is -2.43. The Balaban J connectivity index is 1.60. The Morgan fingerprint density at radius 2 is 2.26 bits per heavy atom. The second-order valence-corrected chi connectivity index (χ2v) is 6.09. The van der Waals surface area contributed by atoms with Crippen LogP contribution in [0.25, 0.3) is 0 Å². The van der Waals surface area contributed by atoms with Gasteiger partial charge < -0.3 is 14.3 Å². The van der Waals surface area contributed by atoms with Crippen LogP contribution in [-0.4, -0.2) is 45.3 Å². The number of nitrogens with zero attached hydrogens (tertiary/aromatic N) is 3. The summed E-state index contributed by atoms with van der Waals surface area (Å²) >= 11 is 0.906. The van der Waals surface area contributed by atoms with Crippen LogP contribution in [0.4, 0.5) is 5.82 Å². The highest BCUT2D eigenvalue weighted by molar-refractivity contribution is 8.14. The van der Waals surface area contributed by atoms with Crippen LogP contribution in [0.5, 0.6) is 0 Å². The lowest BCUT2D eigenvalue weighted by molar-refractivity contribution is -0.114. The van der Waals surface area contributed by atoms with E-state index in [0.717, 1.165) is 11.8 Å². The number of aliphatic imine (C=N–C) groups is 2. The van der Waals surface area contributed by atoms with Gasteiger partial charge >= 0.3 is 5.91 Å². The summed E-state index contributed by atoms with van der Waals surface area (Å²) in [6.07, 6.45) is 1.29. The molecule has 2 aromatic rings. The Morgan fingerprint density at radius 1 is 1.44 bits per heavy atom. The molecule has 12 heteroatoms. The largest absolute Gasteiger partial charge is 0.459 e. The van der Waals surface area contributed by atoms with Crippen molar-refractivity contribution in [3.05, 3.63) is 36.0 Å². The predicted octanol–water partition coefficient (Wildman–Crippen LogP) is 0.992. The van der Waals surface area contributed by atoms with Crippen molar-refractivity contribution in [2.24, 2.45) is 9.98 Å². The molecular weight excluding hydrogens is 376 g/mol. The number of aryl methyl sites for hydroxylation is 1. The normalized spacial score (nSPS) is 15.4. The summed E-state index contributed by atoms with van der Waals surface area (Å²) in [5.41, 5.74) is -0.441. The summed E-state index contributed by atoms with van der Waals surface area (Å²) in [7, 11) is 0. The van der Waals surface area contributed by atoms with E-state index in [0.29, 0.717) is 5.76 Å². The fourth-order valence-electron chi connectivity index (χ4n) is 1.91. The van der Waals surface area contributed by atoms with Crippen molar-refractivity contribution in [1.82, 2.24) is 10.5 Å². The number of thioether (sulfide) groups is 1. The monoisotopic (exact) mass is 388 g/mol. The molecule has 0 radical (unpaired) electrons. The first kappa shape index (κ1) is 18.3. The Labute approximate surface area is 155 Å². The number of rotatable bonds is 4. The van der Waals surface area contributed by atoms with E-state index in [2.05, 4.69) is 25.8 Å². The van der Waals surface area contributed by atoms with Gasteiger partial charge in [0.1, 0.15) is 5.76 Å². The van der Waals surface area contributed by atoms with E-state index >= 15 is 0 Å². The van der Waals surface area contributed by atoms with Gasteiger partial charge in [0.2, 0.25) is 5.91 Å². The Hall–Kier alpha value is -3.54. The van der Waals surface area contributed by atoms with Crippen LogP contribution in [0.1, 0.15) is 16.3 Å². The van der Waals surface area contributed by atoms with Gasteiger partial charge in [-0.2, -0.15) is 4.99 Å². The lowest BCUT2D eigenvalue weighted by atomic mass is 10.3. The highest BCUT2D eigenvalue weighted by atomic mass is 32.2. The van der Waals surface area contributed by atoms with Gasteiger partial charge in [0.25, 0.3) is 5.91 Å². The first-order valence-electron chi connectivity index (χ1n) is 7.44. The van der Waals surface area contributed by atoms with Gasteiger partial charge in [-0.05, 0) is 19.1 Å². The molecule has 0 saturated heterocycles. The predicted molar refractivity (Wildman–Crippen MR) is 96.1 cm³/mol. The zero-order valence-corrected chi connectivity index (χ0v) is 14.6. The molecular formula is C15H12N6O5S. The summed E-state index contributed by atoms with van der Waals surface area (Å²) in [5.74, 6) is -1.80. The van der Waals surface area contributed by atoms with Crippen molar-refractivity contribution in [3.8, 4) is 0 Å². The van der Waals surface area contributed by atoms with Gasteiger partial charge in [0, 0.05) is 6.07 Å². The van der Waals surface area contributed by atoms with E-state index in [-0.39, 0.29) is 22.5 Å². The van der Waals surface area contributed by atoms with Crippen LogP contribution in [0.3, 0.4) is 0 Å². The fourth-order valence-corrected chi connectivity index (χ4v) is 2.57. The standard InChI is InChI=1S/C15H12N6O5S/c1-7-5-9(21-26-7)17-10(22)6-27-15-19-12(16)11(14(24)20-15)18-13(23)8-3-2-4-25-8/h2-5H,6H2,1H3,(H,17,21,22)(H2,16,19,20,24). The maximum Gasteiger partial charge on any atom is 0.313 e. The second-order valence-electron chi connectivity index (χ2n) is 5.12. The average Bonchev–Trinajstić information content (AvgIpc) is 3.28. The maximum atomic E-state index is 12.1. The zero-order chi connectivity index (χ0) is 19.4. The average molecular weight is 388 g/mol. The van der Waals surface area contributed by atoms with E-state index in [1.165, 1.54) is 18.4 Å². The summed E-state index contributed by atoms with van der Waals surface area (Å²) < 4.78 is 9.72. The molecule has 0 fully saturated rings. The molecule has 0 unspecified atom stereocenters. The molecule has 2 aromatic heterocycles. The third-order valence-electron chi connectivity index (χ3n) is 3.05. The second kappa shape index (κ2) is 7.78. The van der Waals surface area contributed by atoms with Gasteiger partial charge in [-0.25, -0.2) is 4.99 Å². The smallest absolute Gasteiger partial charge is 0.313 e. The van der Waals surface area contributed by atoms with E-state index in [1.54, 1.807) is 13.0 Å². The minimum atomic E-state index is -0.802. The molecule has 3 heterocycles. The molecule has 1 aliphatic heterocycles. The molecule has 3 N–H and O–H groups in total. The van der Waals surface area contributed by atoms with E-state index in [1.807, 2.05) is 0 Å². The Bertz CT molecular complexity index is 975. The molecule has 0 atom stereocenters. The molecule has 3 amide bonds. The maximum absolute atomic E-state index is 12.1. The van der Waals surface area contributed by atoms with Crippen molar-refractivity contribution in [2.45, 2.75) is 6.92 Å². The number of aromatic nitrogens is 1. The first-order valence-corrected chi connectivity index (χ1v) is 8.42. The van der Waals surface area contributed by atoms with Gasteiger partial charge in [-0.15, -0.1) is 0 Å². The van der Waals surface area contributed by atoms with Gasteiger partial charge in [-0.1, -0.05) is 16.9 Å². The number of amidine groups is 2. The molecule has 0 aliphatic carbocycles. The number of carbonyl (C=O) groups is 3. The number of anilines is 1. The molecule has 27 heavy (non-hydrogen) atoms. The van der Waals surface area contributed by atoms with Crippen LogP contribution in [0, 0.1) is 12.3 Å².